The van der Waals surface area contributed by atoms with Crippen LogP contribution in [0.4, 0.5) is 10.1 Å². The molecule has 82 valence electrons. The fraction of sp³-hybridized carbons (Fsp3) is 0.455. The zero-order valence-electron chi connectivity index (χ0n) is 8.61. The molecule has 1 atom stereocenters. The summed E-state index contributed by atoms with van der Waals surface area (Å²) < 4.78 is 18.5. The van der Waals surface area contributed by atoms with Gasteiger partial charge in [0.2, 0.25) is 0 Å². The molecule has 1 aliphatic rings. The van der Waals surface area contributed by atoms with E-state index in [0.717, 1.165) is 0 Å². The first-order valence-electron chi connectivity index (χ1n) is 4.97. The number of halogens is 1. The summed E-state index contributed by atoms with van der Waals surface area (Å²) in [4.78, 5) is 1.84. The molecule has 1 aromatic carbocycles. The van der Waals surface area contributed by atoms with E-state index in [2.05, 4.69) is 0 Å². The number of hydrogen-bond donors (Lipinski definition) is 1. The molecular weight excluding hydrogens is 197 g/mol. The van der Waals surface area contributed by atoms with Crippen molar-refractivity contribution in [1.29, 1.82) is 0 Å². The first-order chi connectivity index (χ1) is 7.20. The predicted octanol–water partition coefficient (Wildman–Crippen LogP) is 1.41. The predicted molar refractivity (Wildman–Crippen MR) is 55.8 cm³/mol. The first kappa shape index (κ1) is 10.2. The van der Waals surface area contributed by atoms with Crippen molar-refractivity contribution in [3.63, 3.8) is 0 Å². The van der Waals surface area contributed by atoms with Crippen LogP contribution in [-0.4, -0.2) is 31.4 Å². The second-order valence-corrected chi connectivity index (χ2v) is 3.71. The molecule has 2 rings (SSSR count). The summed E-state index contributed by atoms with van der Waals surface area (Å²) in [6, 6.07) is 4.64. The largest absolute Gasteiger partial charge is 0.497 e. The van der Waals surface area contributed by atoms with Gasteiger partial charge in [0.15, 0.2) is 0 Å². The number of hydrogen-bond acceptors (Lipinski definition) is 3. The van der Waals surface area contributed by atoms with Gasteiger partial charge in [0.05, 0.1) is 18.9 Å². The van der Waals surface area contributed by atoms with Gasteiger partial charge < -0.3 is 14.7 Å². The van der Waals surface area contributed by atoms with E-state index in [-0.39, 0.29) is 11.9 Å². The van der Waals surface area contributed by atoms with E-state index < -0.39 is 0 Å². The zero-order valence-corrected chi connectivity index (χ0v) is 8.61. The van der Waals surface area contributed by atoms with Crippen molar-refractivity contribution in [3.8, 4) is 5.75 Å². The summed E-state index contributed by atoms with van der Waals surface area (Å²) in [7, 11) is 1.55. The lowest BCUT2D eigenvalue weighted by Crippen LogP contribution is -2.22. The molecule has 1 fully saturated rings. The Kier molecular flexibility index (Phi) is 2.77. The average Bonchev–Trinajstić information content (AvgIpc) is 2.65. The molecule has 15 heavy (non-hydrogen) atoms. The van der Waals surface area contributed by atoms with Crippen LogP contribution in [0.25, 0.3) is 0 Å². The standard InChI is InChI=1S/C11H14FNO2/c1-15-9-2-3-10(12)11(6-9)13-5-4-8(14)7-13/h2-3,6,8,14H,4-5,7H2,1H3/t8-/m1/s1. The number of anilines is 1. The van der Waals surface area contributed by atoms with E-state index >= 15 is 0 Å². The van der Waals surface area contributed by atoms with Gasteiger partial charge in [-0.15, -0.1) is 0 Å². The molecule has 0 bridgehead atoms. The van der Waals surface area contributed by atoms with Crippen LogP contribution in [0, 0.1) is 5.82 Å². The maximum atomic E-state index is 13.5. The van der Waals surface area contributed by atoms with Gasteiger partial charge in [0.25, 0.3) is 0 Å². The number of methoxy groups -OCH3 is 1. The number of aliphatic hydroxyl groups excluding tert-OH is 1. The van der Waals surface area contributed by atoms with Crippen molar-refractivity contribution in [1.82, 2.24) is 0 Å². The van der Waals surface area contributed by atoms with Gasteiger partial charge in [-0.2, -0.15) is 0 Å². The highest BCUT2D eigenvalue weighted by atomic mass is 19.1. The molecule has 0 radical (unpaired) electrons. The summed E-state index contributed by atoms with van der Waals surface area (Å²) >= 11 is 0. The third kappa shape index (κ3) is 2.04. The van der Waals surface area contributed by atoms with Crippen molar-refractivity contribution in [2.75, 3.05) is 25.1 Å². The first-order valence-corrected chi connectivity index (χ1v) is 4.97. The second kappa shape index (κ2) is 4.06. The van der Waals surface area contributed by atoms with Gasteiger partial charge in [-0.05, 0) is 18.6 Å². The lowest BCUT2D eigenvalue weighted by Gasteiger charge is -2.19. The Morgan fingerprint density at radius 1 is 1.53 bits per heavy atom. The molecule has 3 nitrogen and oxygen atoms in total. The van der Waals surface area contributed by atoms with Crippen LogP contribution in [0.3, 0.4) is 0 Å². The van der Waals surface area contributed by atoms with Crippen LogP contribution >= 0.6 is 0 Å². The topological polar surface area (TPSA) is 32.7 Å². The SMILES string of the molecule is COc1ccc(F)c(N2CC[C@@H](O)C2)c1. The van der Waals surface area contributed by atoms with Gasteiger partial charge >= 0.3 is 0 Å². The van der Waals surface area contributed by atoms with Crippen molar-refractivity contribution in [3.05, 3.63) is 24.0 Å². The molecule has 4 heteroatoms. The quantitative estimate of drug-likeness (QED) is 0.802. The number of nitrogens with zero attached hydrogens (tertiary/aromatic N) is 1. The van der Waals surface area contributed by atoms with Crippen LogP contribution < -0.4 is 9.64 Å². The van der Waals surface area contributed by atoms with E-state index in [4.69, 9.17) is 4.74 Å². The maximum absolute atomic E-state index is 13.5. The molecule has 1 aromatic rings. The summed E-state index contributed by atoms with van der Waals surface area (Å²) in [6.07, 6.45) is 0.340. The van der Waals surface area contributed by atoms with Crippen LogP contribution in [-0.2, 0) is 0 Å². The number of β-amino-alcohol motifs (C(OH)–C–C–N with tert-alkyl or cyclic N) is 1. The minimum Gasteiger partial charge on any atom is -0.497 e. The molecular formula is C11H14FNO2. The Morgan fingerprint density at radius 3 is 2.93 bits per heavy atom. The van der Waals surface area contributed by atoms with Crippen molar-refractivity contribution in [2.24, 2.45) is 0 Å². The summed E-state index contributed by atoms with van der Waals surface area (Å²) in [6.45, 7) is 1.18. The van der Waals surface area contributed by atoms with Crippen molar-refractivity contribution < 1.29 is 14.2 Å². The monoisotopic (exact) mass is 211 g/mol. The molecule has 0 saturated carbocycles. The molecule has 0 aliphatic carbocycles. The second-order valence-electron chi connectivity index (χ2n) is 3.71. The van der Waals surface area contributed by atoms with Gasteiger partial charge in [-0.25, -0.2) is 4.39 Å². The highest BCUT2D eigenvalue weighted by molar-refractivity contribution is 5.52. The Balaban J connectivity index is 2.26. The summed E-state index contributed by atoms with van der Waals surface area (Å²) in [5, 5.41) is 9.38. The minimum atomic E-state index is -0.351. The number of benzene rings is 1. The summed E-state index contributed by atoms with van der Waals surface area (Å²) in [5.74, 6) is 0.359. The van der Waals surface area contributed by atoms with Crippen molar-refractivity contribution >= 4 is 5.69 Å². The summed E-state index contributed by atoms with van der Waals surface area (Å²) in [5.41, 5.74) is 0.505. The van der Waals surface area contributed by atoms with Crippen LogP contribution in [0.2, 0.25) is 0 Å². The highest BCUT2D eigenvalue weighted by Gasteiger charge is 2.22. The van der Waals surface area contributed by atoms with Gasteiger partial charge in [-0.3, -0.25) is 0 Å². The van der Waals surface area contributed by atoms with Crippen LogP contribution in [0.1, 0.15) is 6.42 Å². The molecule has 0 unspecified atom stereocenters. The lowest BCUT2D eigenvalue weighted by atomic mass is 10.2. The fourth-order valence-corrected chi connectivity index (χ4v) is 1.82. The maximum Gasteiger partial charge on any atom is 0.146 e. The van der Waals surface area contributed by atoms with E-state index in [1.807, 2.05) is 4.90 Å². The third-order valence-corrected chi connectivity index (χ3v) is 2.66. The Morgan fingerprint density at radius 2 is 2.33 bits per heavy atom. The van der Waals surface area contributed by atoms with Crippen LogP contribution in [0.15, 0.2) is 18.2 Å². The van der Waals surface area contributed by atoms with Gasteiger partial charge in [0, 0.05) is 19.2 Å². The fourth-order valence-electron chi connectivity index (χ4n) is 1.82. The van der Waals surface area contributed by atoms with E-state index in [0.29, 0.717) is 30.9 Å². The van der Waals surface area contributed by atoms with Crippen LogP contribution in [0.5, 0.6) is 5.75 Å². The molecule has 1 heterocycles. The molecule has 0 aromatic heterocycles. The molecule has 1 saturated heterocycles. The lowest BCUT2D eigenvalue weighted by molar-refractivity contribution is 0.198. The molecule has 1 aliphatic heterocycles. The Hall–Kier alpha value is -1.29. The molecule has 0 spiro atoms. The molecule has 1 N–H and O–H groups in total. The zero-order chi connectivity index (χ0) is 10.8. The third-order valence-electron chi connectivity index (χ3n) is 2.66. The Bertz CT molecular complexity index is 356. The van der Waals surface area contributed by atoms with E-state index in [9.17, 15) is 9.50 Å². The average molecular weight is 211 g/mol. The number of ether oxygens (including phenoxy) is 1. The highest BCUT2D eigenvalue weighted by Crippen LogP contribution is 2.27. The molecule has 0 amide bonds. The van der Waals surface area contributed by atoms with Gasteiger partial charge in [0.1, 0.15) is 11.6 Å². The van der Waals surface area contributed by atoms with E-state index in [1.54, 1.807) is 19.2 Å². The number of rotatable bonds is 2. The van der Waals surface area contributed by atoms with E-state index in [1.165, 1.54) is 6.07 Å². The minimum absolute atomic E-state index is 0.273. The Labute approximate surface area is 88.1 Å². The normalized spacial score (nSPS) is 20.7. The number of aliphatic hydroxyl groups is 1. The smallest absolute Gasteiger partial charge is 0.146 e. The van der Waals surface area contributed by atoms with Crippen molar-refractivity contribution in [2.45, 2.75) is 12.5 Å². The van der Waals surface area contributed by atoms with Gasteiger partial charge in [-0.1, -0.05) is 0 Å².